The maximum Gasteiger partial charge on any atom is 0.431 e. The van der Waals surface area contributed by atoms with Crippen molar-refractivity contribution in [2.75, 3.05) is 13.2 Å². The molecule has 0 aromatic carbocycles. The highest BCUT2D eigenvalue weighted by Crippen LogP contribution is 1.91. The van der Waals surface area contributed by atoms with Crippen LogP contribution >= 0.6 is 0 Å². The maximum absolute atomic E-state index is 11.2. The summed E-state index contributed by atoms with van der Waals surface area (Å²) in [5.41, 5.74) is 0.164. The van der Waals surface area contributed by atoms with E-state index in [2.05, 4.69) is 15.1 Å². The van der Waals surface area contributed by atoms with Crippen LogP contribution in [0.4, 0.5) is 0 Å². The Morgan fingerprint density at radius 2 is 2.36 bits per heavy atom. The molecule has 1 heterocycles. The average molecular weight is 202 g/mol. The van der Waals surface area contributed by atoms with Crippen molar-refractivity contribution in [3.63, 3.8) is 0 Å². The van der Waals surface area contributed by atoms with Gasteiger partial charge in [0.1, 0.15) is 0 Å². The number of H-pyrrole nitrogens is 1. The molecule has 0 radical (unpaired) electrons. The van der Waals surface area contributed by atoms with Gasteiger partial charge in [0.05, 0.1) is 13.2 Å². The summed E-state index contributed by atoms with van der Waals surface area (Å²) in [6.07, 6.45) is 0. The van der Waals surface area contributed by atoms with Crippen molar-refractivity contribution in [3.05, 3.63) is 16.1 Å². The summed E-state index contributed by atoms with van der Waals surface area (Å²) >= 11 is 0. The predicted octanol–water partition coefficient (Wildman–Crippen LogP) is -1.08. The van der Waals surface area contributed by atoms with Crippen molar-refractivity contribution in [2.24, 2.45) is 0 Å². The second kappa shape index (κ2) is 4.92. The summed E-state index contributed by atoms with van der Waals surface area (Å²) in [6.45, 7) is 4.80. The molecule has 0 saturated heterocycles. The molecule has 1 aromatic rings. The van der Waals surface area contributed by atoms with Crippen LogP contribution < -0.4 is 15.6 Å². The molecular formula is C8H16N3O3+. The van der Waals surface area contributed by atoms with E-state index in [-0.39, 0.29) is 18.3 Å². The van der Waals surface area contributed by atoms with E-state index in [4.69, 9.17) is 5.11 Å². The molecule has 0 saturated carbocycles. The zero-order valence-corrected chi connectivity index (χ0v) is 8.41. The van der Waals surface area contributed by atoms with E-state index in [1.54, 1.807) is 4.68 Å². The number of aromatic nitrogens is 2. The van der Waals surface area contributed by atoms with Gasteiger partial charge in [-0.3, -0.25) is 4.52 Å². The van der Waals surface area contributed by atoms with Gasteiger partial charge in [0.15, 0.2) is 6.04 Å². The Kier molecular flexibility index (Phi) is 3.84. The van der Waals surface area contributed by atoms with Crippen LogP contribution in [0.3, 0.4) is 0 Å². The van der Waals surface area contributed by atoms with E-state index in [9.17, 15) is 4.79 Å². The molecule has 0 spiro atoms. The fourth-order valence-corrected chi connectivity index (χ4v) is 1.16. The van der Waals surface area contributed by atoms with Gasteiger partial charge in [-0.2, -0.15) is 0 Å². The first-order valence-corrected chi connectivity index (χ1v) is 4.60. The highest BCUT2D eigenvalue weighted by molar-refractivity contribution is 4.82. The van der Waals surface area contributed by atoms with Gasteiger partial charge < -0.3 is 10.4 Å². The van der Waals surface area contributed by atoms with Crippen LogP contribution in [0.1, 0.15) is 25.6 Å². The van der Waals surface area contributed by atoms with Crippen LogP contribution in [0.15, 0.2) is 9.32 Å². The molecule has 0 atom stereocenters. The third-order valence-electron chi connectivity index (χ3n) is 1.86. The van der Waals surface area contributed by atoms with Gasteiger partial charge in [-0.1, -0.05) is 4.68 Å². The molecule has 0 aliphatic heterocycles. The lowest BCUT2D eigenvalue weighted by Gasteiger charge is -1.98. The fraction of sp³-hybridized carbons (Fsp3) is 0.750. The molecule has 0 bridgehead atoms. The van der Waals surface area contributed by atoms with Crippen molar-refractivity contribution < 1.29 is 14.3 Å². The van der Waals surface area contributed by atoms with Crippen molar-refractivity contribution >= 4 is 0 Å². The minimum atomic E-state index is -0.371. The Morgan fingerprint density at radius 1 is 1.64 bits per heavy atom. The Labute approximate surface area is 81.5 Å². The van der Waals surface area contributed by atoms with Crippen molar-refractivity contribution in [3.8, 4) is 0 Å². The largest absolute Gasteiger partial charge is 0.431 e. The van der Waals surface area contributed by atoms with Crippen LogP contribution in [0, 0.1) is 0 Å². The number of aromatic amines is 1. The predicted molar refractivity (Wildman–Crippen MR) is 48.7 cm³/mol. The zero-order chi connectivity index (χ0) is 10.6. The Morgan fingerprint density at radius 3 is 2.93 bits per heavy atom. The van der Waals surface area contributed by atoms with Crippen LogP contribution in [0.5, 0.6) is 0 Å². The lowest BCUT2D eigenvalue weighted by Crippen LogP contribution is -2.45. The number of aliphatic hydroxyl groups excluding tert-OH is 1. The van der Waals surface area contributed by atoms with Crippen molar-refractivity contribution in [1.29, 1.82) is 0 Å². The number of nitrogens with zero attached hydrogens (tertiary/aromatic N) is 1. The smallest absolute Gasteiger partial charge is 0.395 e. The standard InChI is InChI=1S/C8H15N3O3/c1-6(2)11-7(5-9-3-4-12)8(13)14-10-11/h6,9,12H,3-5H2,1-2H3/p+1. The molecule has 14 heavy (non-hydrogen) atoms. The molecule has 0 unspecified atom stereocenters. The van der Waals surface area contributed by atoms with Crippen LogP contribution in [0.2, 0.25) is 0 Å². The molecule has 6 nitrogen and oxygen atoms in total. The maximum atomic E-state index is 11.2. The normalized spacial score (nSPS) is 11.1. The molecule has 0 aliphatic rings. The first-order chi connectivity index (χ1) is 6.66. The van der Waals surface area contributed by atoms with Gasteiger partial charge in [0.2, 0.25) is 0 Å². The summed E-state index contributed by atoms with van der Waals surface area (Å²) in [6, 6.07) is 0.146. The highest BCUT2D eigenvalue weighted by Gasteiger charge is 2.22. The van der Waals surface area contributed by atoms with Gasteiger partial charge in [-0.05, 0) is 19.1 Å². The molecule has 6 heteroatoms. The lowest BCUT2D eigenvalue weighted by atomic mass is 10.3. The fourth-order valence-electron chi connectivity index (χ4n) is 1.16. The zero-order valence-electron chi connectivity index (χ0n) is 8.41. The Hall–Kier alpha value is -1.14. The first-order valence-electron chi connectivity index (χ1n) is 4.60. The number of hydrogen-bond donors (Lipinski definition) is 3. The summed E-state index contributed by atoms with van der Waals surface area (Å²) in [5, 5.41) is 14.0. The van der Waals surface area contributed by atoms with Gasteiger partial charge in [-0.15, -0.1) is 0 Å². The molecule has 1 rings (SSSR count). The Bertz CT molecular complexity index is 329. The quantitative estimate of drug-likeness (QED) is 0.419. The van der Waals surface area contributed by atoms with Crippen LogP contribution in [0.25, 0.3) is 0 Å². The highest BCUT2D eigenvalue weighted by atomic mass is 16.5. The van der Waals surface area contributed by atoms with E-state index in [1.807, 2.05) is 13.8 Å². The summed E-state index contributed by atoms with van der Waals surface area (Å²) in [5.74, 6) is 0. The van der Waals surface area contributed by atoms with Gasteiger partial charge in [-0.25, -0.2) is 4.79 Å². The minimum Gasteiger partial charge on any atom is -0.395 e. The second-order valence-electron chi connectivity index (χ2n) is 3.29. The first kappa shape index (κ1) is 10.9. The Balaban J connectivity index is 2.73. The molecule has 0 fully saturated rings. The minimum absolute atomic E-state index is 0.0530. The van der Waals surface area contributed by atoms with Gasteiger partial charge in [0, 0.05) is 6.54 Å². The molecule has 0 aliphatic carbocycles. The van der Waals surface area contributed by atoms with Crippen LogP contribution in [-0.2, 0) is 6.54 Å². The molecule has 1 aromatic heterocycles. The van der Waals surface area contributed by atoms with E-state index in [0.717, 1.165) is 0 Å². The number of rotatable bonds is 5. The third kappa shape index (κ3) is 2.43. The number of hydrogen-bond acceptors (Lipinski definition) is 4. The number of nitrogens with one attached hydrogen (secondary N) is 2. The summed E-state index contributed by atoms with van der Waals surface area (Å²) in [7, 11) is 0. The molecule has 80 valence electrons. The van der Waals surface area contributed by atoms with E-state index in [0.29, 0.717) is 18.8 Å². The lowest BCUT2D eigenvalue weighted by molar-refractivity contribution is -0.785. The van der Waals surface area contributed by atoms with Gasteiger partial charge >= 0.3 is 11.3 Å². The van der Waals surface area contributed by atoms with E-state index >= 15 is 0 Å². The van der Waals surface area contributed by atoms with E-state index in [1.165, 1.54) is 0 Å². The van der Waals surface area contributed by atoms with E-state index < -0.39 is 0 Å². The topological polar surface area (TPSA) is 82.1 Å². The van der Waals surface area contributed by atoms with Crippen molar-refractivity contribution in [1.82, 2.24) is 10.6 Å². The van der Waals surface area contributed by atoms with Gasteiger partial charge in [0.25, 0.3) is 0 Å². The molecule has 3 N–H and O–H groups in total. The summed E-state index contributed by atoms with van der Waals surface area (Å²) < 4.78 is 6.33. The summed E-state index contributed by atoms with van der Waals surface area (Å²) in [4.78, 5) is 11.2. The number of aliphatic hydroxyl groups is 1. The molecule has 0 amide bonds. The van der Waals surface area contributed by atoms with Crippen molar-refractivity contribution in [2.45, 2.75) is 26.4 Å². The SMILES string of the molecule is CC(C)[n+]1[nH]oc(=O)c1CNCCO. The average Bonchev–Trinajstić information content (AvgIpc) is 2.48. The molecular weight excluding hydrogens is 186 g/mol. The second-order valence-corrected chi connectivity index (χ2v) is 3.29. The van der Waals surface area contributed by atoms with Crippen LogP contribution in [-0.4, -0.2) is 23.5 Å². The monoisotopic (exact) mass is 202 g/mol. The third-order valence-corrected chi connectivity index (χ3v) is 1.86.